The third kappa shape index (κ3) is 6.03. The van der Waals surface area contributed by atoms with Crippen LogP contribution in [0.1, 0.15) is 24.8 Å². The second-order valence-corrected chi connectivity index (χ2v) is 8.18. The number of benzene rings is 1. The van der Waals surface area contributed by atoms with Gasteiger partial charge in [-0.2, -0.15) is 0 Å². The number of rotatable bonds is 9. The summed E-state index contributed by atoms with van der Waals surface area (Å²) in [6.45, 7) is 4.67. The number of hydrogen-bond donors (Lipinski definition) is 3. The molecule has 0 radical (unpaired) electrons. The highest BCUT2D eigenvalue weighted by Gasteiger charge is 2.09. The normalized spacial score (nSPS) is 12.7. The van der Waals surface area contributed by atoms with Crippen molar-refractivity contribution < 1.29 is 8.42 Å². The van der Waals surface area contributed by atoms with Gasteiger partial charge in [0.25, 0.3) is 0 Å². The Hall–Kier alpha value is -2.12. The third-order valence-electron chi connectivity index (χ3n) is 4.01. The molecule has 4 N–H and O–H groups in total. The number of sulfone groups is 1. The summed E-state index contributed by atoms with van der Waals surface area (Å²) in [4.78, 5) is 4.39. The van der Waals surface area contributed by atoms with E-state index in [2.05, 4.69) is 22.5 Å². The Labute approximate surface area is 149 Å². The van der Waals surface area contributed by atoms with E-state index in [1.165, 1.54) is 6.26 Å². The third-order valence-corrected chi connectivity index (χ3v) is 5.14. The molecule has 6 nitrogen and oxygen atoms in total. The summed E-state index contributed by atoms with van der Waals surface area (Å²) in [6, 6.07) is 10.9. The van der Waals surface area contributed by atoms with E-state index < -0.39 is 9.84 Å². The van der Waals surface area contributed by atoms with Crippen LogP contribution in [0.15, 0.2) is 47.5 Å². The van der Waals surface area contributed by atoms with E-state index in [1.807, 2.05) is 24.3 Å². The largest absolute Gasteiger partial charge is 0.382 e. The Morgan fingerprint density at radius 3 is 2.52 bits per heavy atom. The number of pyridine rings is 1. The van der Waals surface area contributed by atoms with Crippen molar-refractivity contribution in [3.05, 3.63) is 48.2 Å². The van der Waals surface area contributed by atoms with E-state index >= 15 is 0 Å². The first kappa shape index (κ1) is 19.2. The van der Waals surface area contributed by atoms with Crippen molar-refractivity contribution in [2.45, 2.75) is 24.2 Å². The van der Waals surface area contributed by atoms with E-state index in [-0.39, 0.29) is 0 Å². The minimum Gasteiger partial charge on any atom is -0.382 e. The van der Waals surface area contributed by atoms with Crippen molar-refractivity contribution in [2.24, 2.45) is 0 Å². The molecular formula is C18H26N4O2S. The maximum atomic E-state index is 11.5. The van der Waals surface area contributed by atoms with Gasteiger partial charge in [-0.1, -0.05) is 19.1 Å². The van der Waals surface area contributed by atoms with Gasteiger partial charge in [-0.15, -0.1) is 0 Å². The van der Waals surface area contributed by atoms with E-state index in [0.717, 1.165) is 37.3 Å². The highest BCUT2D eigenvalue weighted by Crippen LogP contribution is 2.17. The standard InChI is InChI=1S/C18H26N4O2S/c1-14(15-6-8-16(9-7-15)25(2,23)24)13-20-10-4-12-21-17-5-3-11-22-18(17)19/h3,5-9,11,14,20-21H,4,10,12-13H2,1-2H3,(H2,19,22). The summed E-state index contributed by atoms with van der Waals surface area (Å²) in [5.41, 5.74) is 7.77. The first-order valence-corrected chi connectivity index (χ1v) is 10.2. The van der Waals surface area contributed by atoms with Crippen LogP contribution in [-0.2, 0) is 9.84 Å². The van der Waals surface area contributed by atoms with Gasteiger partial charge in [0.2, 0.25) is 0 Å². The van der Waals surface area contributed by atoms with Gasteiger partial charge in [0.15, 0.2) is 9.84 Å². The molecule has 0 fully saturated rings. The number of nitrogens with zero attached hydrogens (tertiary/aromatic N) is 1. The van der Waals surface area contributed by atoms with Gasteiger partial charge in [0, 0.05) is 25.5 Å². The highest BCUT2D eigenvalue weighted by molar-refractivity contribution is 7.90. The summed E-state index contributed by atoms with van der Waals surface area (Å²) in [7, 11) is -3.13. The summed E-state index contributed by atoms with van der Waals surface area (Å²) in [5, 5.41) is 6.69. The van der Waals surface area contributed by atoms with Gasteiger partial charge in [-0.25, -0.2) is 13.4 Å². The van der Waals surface area contributed by atoms with Crippen molar-refractivity contribution in [1.29, 1.82) is 0 Å². The number of hydrogen-bond acceptors (Lipinski definition) is 6. The molecule has 1 atom stereocenters. The van der Waals surface area contributed by atoms with Crippen molar-refractivity contribution >= 4 is 21.3 Å². The molecule has 0 saturated carbocycles. The quantitative estimate of drug-likeness (QED) is 0.592. The van der Waals surface area contributed by atoms with Crippen molar-refractivity contribution in [3.63, 3.8) is 0 Å². The van der Waals surface area contributed by atoms with Crippen molar-refractivity contribution in [3.8, 4) is 0 Å². The summed E-state index contributed by atoms with van der Waals surface area (Å²) in [6.07, 6.45) is 3.86. The second kappa shape index (κ2) is 8.82. The lowest BCUT2D eigenvalue weighted by Crippen LogP contribution is -2.23. The Balaban J connectivity index is 1.68. The maximum absolute atomic E-state index is 11.5. The molecule has 2 rings (SSSR count). The molecular weight excluding hydrogens is 336 g/mol. The van der Waals surface area contributed by atoms with E-state index in [9.17, 15) is 8.42 Å². The first-order chi connectivity index (χ1) is 11.9. The van der Waals surface area contributed by atoms with E-state index in [1.54, 1.807) is 18.3 Å². The van der Waals surface area contributed by atoms with Gasteiger partial charge >= 0.3 is 0 Å². The molecule has 25 heavy (non-hydrogen) atoms. The number of nitrogens with one attached hydrogen (secondary N) is 2. The number of aromatic nitrogens is 1. The van der Waals surface area contributed by atoms with Crippen LogP contribution < -0.4 is 16.4 Å². The molecule has 7 heteroatoms. The molecule has 1 heterocycles. The fourth-order valence-electron chi connectivity index (χ4n) is 2.48. The smallest absolute Gasteiger partial charge is 0.175 e. The van der Waals surface area contributed by atoms with Crippen LogP contribution in [0.5, 0.6) is 0 Å². The lowest BCUT2D eigenvalue weighted by molar-refractivity contribution is 0.599. The molecule has 0 aliphatic rings. The average Bonchev–Trinajstić information content (AvgIpc) is 2.58. The zero-order chi connectivity index (χ0) is 18.3. The fourth-order valence-corrected chi connectivity index (χ4v) is 3.11. The van der Waals surface area contributed by atoms with Crippen LogP contribution in [0, 0.1) is 0 Å². The summed E-state index contributed by atoms with van der Waals surface area (Å²) < 4.78 is 23.0. The Morgan fingerprint density at radius 2 is 1.88 bits per heavy atom. The SMILES string of the molecule is CC(CNCCCNc1cccnc1N)c1ccc(S(C)(=O)=O)cc1. The molecule has 0 aliphatic heterocycles. The van der Waals surface area contributed by atoms with Gasteiger partial charge in [-0.05, 0) is 48.7 Å². The van der Waals surface area contributed by atoms with Crippen molar-refractivity contribution in [2.75, 3.05) is 36.9 Å². The summed E-state index contributed by atoms with van der Waals surface area (Å²) >= 11 is 0. The molecule has 0 aliphatic carbocycles. The number of nitrogen functional groups attached to an aromatic ring is 1. The monoisotopic (exact) mass is 362 g/mol. The Morgan fingerprint density at radius 1 is 1.16 bits per heavy atom. The molecule has 0 bridgehead atoms. The van der Waals surface area contributed by atoms with Gasteiger partial charge < -0.3 is 16.4 Å². The van der Waals surface area contributed by atoms with Gasteiger partial charge in [-0.3, -0.25) is 0 Å². The molecule has 1 aromatic heterocycles. The van der Waals surface area contributed by atoms with Crippen LogP contribution in [0.4, 0.5) is 11.5 Å². The van der Waals surface area contributed by atoms with Crippen LogP contribution in [0.3, 0.4) is 0 Å². The molecule has 1 unspecified atom stereocenters. The fraction of sp³-hybridized carbons (Fsp3) is 0.389. The predicted octanol–water partition coefficient (Wildman–Crippen LogP) is 2.26. The Kier molecular flexibility index (Phi) is 6.78. The van der Waals surface area contributed by atoms with Crippen LogP contribution in [0.25, 0.3) is 0 Å². The minimum absolute atomic E-state index is 0.315. The van der Waals surface area contributed by atoms with Crippen molar-refractivity contribution in [1.82, 2.24) is 10.3 Å². The maximum Gasteiger partial charge on any atom is 0.175 e. The first-order valence-electron chi connectivity index (χ1n) is 8.33. The molecule has 0 spiro atoms. The Bertz CT molecular complexity index is 776. The summed E-state index contributed by atoms with van der Waals surface area (Å²) in [5.74, 6) is 0.831. The zero-order valence-electron chi connectivity index (χ0n) is 14.7. The van der Waals surface area contributed by atoms with Crippen LogP contribution in [0.2, 0.25) is 0 Å². The topological polar surface area (TPSA) is 97.1 Å². The molecule has 0 saturated heterocycles. The van der Waals surface area contributed by atoms with E-state index in [0.29, 0.717) is 16.6 Å². The average molecular weight is 362 g/mol. The van der Waals surface area contributed by atoms with Crippen LogP contribution in [-0.4, -0.2) is 39.3 Å². The number of anilines is 2. The second-order valence-electron chi connectivity index (χ2n) is 6.16. The molecule has 2 aromatic rings. The van der Waals surface area contributed by atoms with Crippen LogP contribution >= 0.6 is 0 Å². The van der Waals surface area contributed by atoms with Gasteiger partial charge in [0.05, 0.1) is 10.6 Å². The molecule has 136 valence electrons. The molecule has 0 amide bonds. The minimum atomic E-state index is -3.13. The highest BCUT2D eigenvalue weighted by atomic mass is 32.2. The molecule has 1 aromatic carbocycles. The predicted molar refractivity (Wildman–Crippen MR) is 103 cm³/mol. The van der Waals surface area contributed by atoms with Gasteiger partial charge in [0.1, 0.15) is 5.82 Å². The lowest BCUT2D eigenvalue weighted by Gasteiger charge is -2.14. The van der Waals surface area contributed by atoms with E-state index in [4.69, 9.17) is 5.73 Å². The lowest BCUT2D eigenvalue weighted by atomic mass is 10.0. The zero-order valence-corrected chi connectivity index (χ0v) is 15.5. The number of nitrogens with two attached hydrogens (primary N) is 1.